The molecule has 0 bridgehead atoms. The van der Waals surface area contributed by atoms with E-state index in [-0.39, 0.29) is 0 Å². The van der Waals surface area contributed by atoms with Crippen LogP contribution in [0.15, 0.2) is 0 Å². The molecule has 0 aromatic rings. The van der Waals surface area contributed by atoms with Gasteiger partial charge in [0.25, 0.3) is 0 Å². The Morgan fingerprint density at radius 2 is 2.08 bits per heavy atom. The van der Waals surface area contributed by atoms with Crippen molar-refractivity contribution in [2.45, 2.75) is 64.7 Å². The third-order valence-corrected chi connectivity index (χ3v) is 3.09. The number of carbonyl (C=O) groups excluding carboxylic acids is 1. The highest BCUT2D eigenvalue weighted by atomic mass is 16.1. The van der Waals surface area contributed by atoms with Crippen molar-refractivity contribution in [3.8, 4) is 0 Å². The number of rotatable bonds is 4. The summed E-state index contributed by atoms with van der Waals surface area (Å²) >= 11 is 0. The maximum Gasteiger partial charge on any atom is 0.135 e. The van der Waals surface area contributed by atoms with Gasteiger partial charge in [-0.3, -0.25) is 4.79 Å². The van der Waals surface area contributed by atoms with Gasteiger partial charge in [0.15, 0.2) is 0 Å². The zero-order chi connectivity index (χ0) is 9.52. The first-order valence-electron chi connectivity index (χ1n) is 5.87. The molecule has 1 aliphatic rings. The van der Waals surface area contributed by atoms with Crippen molar-refractivity contribution < 1.29 is 4.79 Å². The van der Waals surface area contributed by atoms with Crippen molar-refractivity contribution in [1.82, 2.24) is 0 Å². The molecule has 0 radical (unpaired) electrons. The quantitative estimate of drug-likeness (QED) is 0.478. The summed E-state index contributed by atoms with van der Waals surface area (Å²) in [6, 6.07) is 0. The van der Waals surface area contributed by atoms with Gasteiger partial charge in [-0.15, -0.1) is 0 Å². The molecule has 0 amide bonds. The van der Waals surface area contributed by atoms with Crippen LogP contribution in [0.5, 0.6) is 0 Å². The van der Waals surface area contributed by atoms with E-state index in [1.54, 1.807) is 0 Å². The molecule has 0 aromatic heterocycles. The summed E-state index contributed by atoms with van der Waals surface area (Å²) < 4.78 is 0. The summed E-state index contributed by atoms with van der Waals surface area (Å²) in [5.41, 5.74) is 0. The average molecular weight is 182 g/mol. The van der Waals surface area contributed by atoms with Gasteiger partial charge >= 0.3 is 0 Å². The largest absolute Gasteiger partial charge is 0.299 e. The molecule has 0 aliphatic heterocycles. The van der Waals surface area contributed by atoms with Crippen molar-refractivity contribution in [3.05, 3.63) is 0 Å². The molecular weight excluding hydrogens is 160 g/mol. The molecule has 1 atom stereocenters. The van der Waals surface area contributed by atoms with Crippen LogP contribution >= 0.6 is 0 Å². The van der Waals surface area contributed by atoms with Crippen molar-refractivity contribution >= 4 is 5.78 Å². The van der Waals surface area contributed by atoms with Crippen LogP contribution in [0.2, 0.25) is 0 Å². The summed E-state index contributed by atoms with van der Waals surface area (Å²) in [6.07, 6.45) is 10.7. The van der Waals surface area contributed by atoms with Crippen LogP contribution in [0.3, 0.4) is 0 Å². The van der Waals surface area contributed by atoms with Gasteiger partial charge in [-0.25, -0.2) is 0 Å². The van der Waals surface area contributed by atoms with Crippen LogP contribution in [0.4, 0.5) is 0 Å². The van der Waals surface area contributed by atoms with E-state index in [1.165, 1.54) is 38.5 Å². The van der Waals surface area contributed by atoms with Crippen molar-refractivity contribution in [1.29, 1.82) is 0 Å². The SMILES string of the molecule is CCCCC[C@H]1CCCCCC1=O. The van der Waals surface area contributed by atoms with Gasteiger partial charge in [-0.1, -0.05) is 39.0 Å². The number of ketones is 1. The lowest BCUT2D eigenvalue weighted by molar-refractivity contribution is -0.122. The van der Waals surface area contributed by atoms with Gasteiger partial charge in [-0.05, 0) is 19.3 Å². The molecule has 1 saturated carbocycles. The number of carbonyl (C=O) groups is 1. The van der Waals surface area contributed by atoms with Crippen LogP contribution in [0.25, 0.3) is 0 Å². The lowest BCUT2D eigenvalue weighted by Gasteiger charge is -2.11. The number of hydrogen-bond donors (Lipinski definition) is 0. The second-order valence-electron chi connectivity index (χ2n) is 4.26. The molecule has 1 nitrogen and oxygen atoms in total. The fraction of sp³-hybridized carbons (Fsp3) is 0.917. The van der Waals surface area contributed by atoms with Crippen LogP contribution < -0.4 is 0 Å². The maximum atomic E-state index is 11.6. The Hall–Kier alpha value is -0.330. The molecule has 0 aromatic carbocycles. The van der Waals surface area contributed by atoms with Gasteiger partial charge < -0.3 is 0 Å². The monoisotopic (exact) mass is 182 g/mol. The molecule has 1 heteroatoms. The second kappa shape index (κ2) is 6.17. The first-order valence-corrected chi connectivity index (χ1v) is 5.87. The highest BCUT2D eigenvalue weighted by Crippen LogP contribution is 2.24. The van der Waals surface area contributed by atoms with Crippen molar-refractivity contribution in [2.24, 2.45) is 5.92 Å². The van der Waals surface area contributed by atoms with Crippen molar-refractivity contribution in [3.63, 3.8) is 0 Å². The van der Waals surface area contributed by atoms with Crippen molar-refractivity contribution in [2.75, 3.05) is 0 Å². The molecule has 0 heterocycles. The zero-order valence-electron chi connectivity index (χ0n) is 8.85. The Labute approximate surface area is 81.9 Å². The first kappa shape index (κ1) is 10.7. The third-order valence-electron chi connectivity index (χ3n) is 3.09. The van der Waals surface area contributed by atoms with E-state index in [0.717, 1.165) is 19.3 Å². The number of unbranched alkanes of at least 4 members (excludes halogenated alkanes) is 2. The lowest BCUT2D eigenvalue weighted by Crippen LogP contribution is -2.12. The van der Waals surface area contributed by atoms with E-state index >= 15 is 0 Å². The second-order valence-corrected chi connectivity index (χ2v) is 4.26. The average Bonchev–Trinajstić information content (AvgIpc) is 2.32. The van der Waals surface area contributed by atoms with E-state index in [2.05, 4.69) is 6.92 Å². The molecule has 76 valence electrons. The van der Waals surface area contributed by atoms with Gasteiger partial charge in [0.05, 0.1) is 0 Å². The predicted molar refractivity (Wildman–Crippen MR) is 55.7 cm³/mol. The topological polar surface area (TPSA) is 17.1 Å². The normalized spacial score (nSPS) is 24.4. The summed E-state index contributed by atoms with van der Waals surface area (Å²) in [5, 5.41) is 0. The summed E-state index contributed by atoms with van der Waals surface area (Å²) in [6.45, 7) is 2.22. The Morgan fingerprint density at radius 1 is 1.23 bits per heavy atom. The fourth-order valence-electron chi connectivity index (χ4n) is 2.18. The number of Topliss-reactive ketones (excluding diaryl/α,β-unsaturated/α-hetero) is 1. The van der Waals surface area contributed by atoms with E-state index in [0.29, 0.717) is 11.7 Å². The lowest BCUT2D eigenvalue weighted by atomic mass is 9.93. The van der Waals surface area contributed by atoms with E-state index < -0.39 is 0 Å². The van der Waals surface area contributed by atoms with Crippen LogP contribution in [0, 0.1) is 5.92 Å². The molecule has 1 fully saturated rings. The molecule has 13 heavy (non-hydrogen) atoms. The highest BCUT2D eigenvalue weighted by Gasteiger charge is 2.19. The molecule has 0 unspecified atom stereocenters. The summed E-state index contributed by atoms with van der Waals surface area (Å²) in [5.74, 6) is 0.975. The van der Waals surface area contributed by atoms with Gasteiger partial charge in [0.2, 0.25) is 0 Å². The van der Waals surface area contributed by atoms with Gasteiger partial charge in [0.1, 0.15) is 5.78 Å². The van der Waals surface area contributed by atoms with Crippen LogP contribution in [-0.2, 0) is 4.79 Å². The fourth-order valence-corrected chi connectivity index (χ4v) is 2.18. The minimum Gasteiger partial charge on any atom is -0.299 e. The molecule has 0 saturated heterocycles. The van der Waals surface area contributed by atoms with E-state index in [9.17, 15) is 4.79 Å². The predicted octanol–water partition coefficient (Wildman–Crippen LogP) is 3.72. The molecule has 1 aliphatic carbocycles. The molecule has 1 rings (SSSR count). The van der Waals surface area contributed by atoms with Crippen LogP contribution in [0.1, 0.15) is 64.7 Å². The minimum atomic E-state index is 0.425. The smallest absolute Gasteiger partial charge is 0.135 e. The third kappa shape index (κ3) is 3.93. The molecule has 0 N–H and O–H groups in total. The zero-order valence-corrected chi connectivity index (χ0v) is 8.85. The van der Waals surface area contributed by atoms with E-state index in [1.807, 2.05) is 0 Å². The molecule has 0 spiro atoms. The Balaban J connectivity index is 2.24. The minimum absolute atomic E-state index is 0.425. The summed E-state index contributed by atoms with van der Waals surface area (Å²) in [7, 11) is 0. The Bertz CT molecular complexity index is 151. The maximum absolute atomic E-state index is 11.6. The van der Waals surface area contributed by atoms with E-state index in [4.69, 9.17) is 0 Å². The van der Waals surface area contributed by atoms with Gasteiger partial charge in [0, 0.05) is 12.3 Å². The molecular formula is C12H22O. The standard InChI is InChI=1S/C12H22O/c1-2-3-5-8-11-9-6-4-7-10-12(11)13/h11H,2-10H2,1H3/t11-/m0/s1. The Kier molecular flexibility index (Phi) is 5.10. The van der Waals surface area contributed by atoms with Gasteiger partial charge in [-0.2, -0.15) is 0 Å². The summed E-state index contributed by atoms with van der Waals surface area (Å²) in [4.78, 5) is 11.6. The highest BCUT2D eigenvalue weighted by molar-refractivity contribution is 5.81. The first-order chi connectivity index (χ1) is 6.34. The van der Waals surface area contributed by atoms with Crippen LogP contribution in [-0.4, -0.2) is 5.78 Å². The number of hydrogen-bond acceptors (Lipinski definition) is 1. The Morgan fingerprint density at radius 3 is 2.85 bits per heavy atom.